The van der Waals surface area contributed by atoms with Crippen LogP contribution in [0.5, 0.6) is 0 Å². The summed E-state index contributed by atoms with van der Waals surface area (Å²) >= 11 is 3.05. The van der Waals surface area contributed by atoms with E-state index < -0.39 is 0 Å². The second kappa shape index (κ2) is 4.37. The molecule has 0 saturated carbocycles. The van der Waals surface area contributed by atoms with Gasteiger partial charge in [-0.3, -0.25) is 4.79 Å². The number of anilines is 1. The van der Waals surface area contributed by atoms with E-state index in [0.29, 0.717) is 16.6 Å². The van der Waals surface area contributed by atoms with Gasteiger partial charge >= 0.3 is 0 Å². The Labute approximate surface area is 84.1 Å². The molecular formula is C9H9BrFNO. The number of Topliss-reactive ketones (excluding diaryl/α,β-unsaturated/α-hetero) is 1. The SMILES string of the molecule is Nc1cc(F)ccc1CC(=O)CBr. The van der Waals surface area contributed by atoms with Crippen molar-refractivity contribution >= 4 is 27.4 Å². The summed E-state index contributed by atoms with van der Waals surface area (Å²) < 4.78 is 12.6. The van der Waals surface area contributed by atoms with Gasteiger partial charge in [-0.05, 0) is 17.7 Å². The molecule has 0 unspecified atom stereocenters. The zero-order valence-corrected chi connectivity index (χ0v) is 8.47. The maximum atomic E-state index is 12.6. The molecule has 0 saturated heterocycles. The highest BCUT2D eigenvalue weighted by atomic mass is 79.9. The van der Waals surface area contributed by atoms with Crippen LogP contribution in [0.1, 0.15) is 5.56 Å². The molecule has 0 aliphatic carbocycles. The lowest BCUT2D eigenvalue weighted by Gasteiger charge is -2.02. The van der Waals surface area contributed by atoms with E-state index >= 15 is 0 Å². The van der Waals surface area contributed by atoms with Crippen LogP contribution in [-0.2, 0) is 11.2 Å². The number of carbonyl (C=O) groups excluding carboxylic acids is 1. The van der Waals surface area contributed by atoms with E-state index in [0.717, 1.165) is 0 Å². The van der Waals surface area contributed by atoms with E-state index in [4.69, 9.17) is 5.73 Å². The van der Waals surface area contributed by atoms with E-state index in [2.05, 4.69) is 15.9 Å². The number of hydrogen-bond donors (Lipinski definition) is 1. The van der Waals surface area contributed by atoms with Crippen molar-refractivity contribution in [1.29, 1.82) is 0 Å². The van der Waals surface area contributed by atoms with Gasteiger partial charge < -0.3 is 5.73 Å². The van der Waals surface area contributed by atoms with E-state index in [1.807, 2.05) is 0 Å². The first-order valence-corrected chi connectivity index (χ1v) is 4.87. The molecule has 0 spiro atoms. The number of carbonyl (C=O) groups is 1. The highest BCUT2D eigenvalue weighted by Crippen LogP contribution is 2.14. The lowest BCUT2D eigenvalue weighted by molar-refractivity contribution is -0.115. The van der Waals surface area contributed by atoms with Gasteiger partial charge in [-0.1, -0.05) is 22.0 Å². The Morgan fingerprint density at radius 3 is 2.77 bits per heavy atom. The summed E-state index contributed by atoms with van der Waals surface area (Å²) in [5.74, 6) is -0.356. The lowest BCUT2D eigenvalue weighted by Crippen LogP contribution is -2.06. The molecule has 2 N–H and O–H groups in total. The molecule has 1 aromatic carbocycles. The van der Waals surface area contributed by atoms with Gasteiger partial charge in [-0.2, -0.15) is 0 Å². The third-order valence-corrected chi connectivity index (χ3v) is 2.27. The molecule has 0 heterocycles. The molecule has 2 nitrogen and oxygen atoms in total. The van der Waals surface area contributed by atoms with Crippen molar-refractivity contribution in [3.05, 3.63) is 29.6 Å². The summed E-state index contributed by atoms with van der Waals surface area (Å²) in [4.78, 5) is 11.0. The molecule has 13 heavy (non-hydrogen) atoms. The van der Waals surface area contributed by atoms with Gasteiger partial charge in [0.1, 0.15) is 11.6 Å². The summed E-state index contributed by atoms with van der Waals surface area (Å²) in [6.45, 7) is 0. The standard InChI is InChI=1S/C9H9BrFNO/c10-5-8(13)3-6-1-2-7(11)4-9(6)12/h1-2,4H,3,5,12H2. The van der Waals surface area contributed by atoms with E-state index in [1.54, 1.807) is 0 Å². The lowest BCUT2D eigenvalue weighted by atomic mass is 10.1. The number of hydrogen-bond acceptors (Lipinski definition) is 2. The van der Waals surface area contributed by atoms with Crippen LogP contribution in [0.2, 0.25) is 0 Å². The molecule has 70 valence electrons. The summed E-state index contributed by atoms with van der Waals surface area (Å²) in [7, 11) is 0. The highest BCUT2D eigenvalue weighted by Gasteiger charge is 2.05. The van der Waals surface area contributed by atoms with Crippen LogP contribution >= 0.6 is 15.9 Å². The summed E-state index contributed by atoms with van der Waals surface area (Å²) in [5, 5.41) is 0.295. The van der Waals surface area contributed by atoms with Gasteiger partial charge in [-0.15, -0.1) is 0 Å². The monoisotopic (exact) mass is 245 g/mol. The Morgan fingerprint density at radius 1 is 1.54 bits per heavy atom. The van der Waals surface area contributed by atoms with Gasteiger partial charge in [0, 0.05) is 12.1 Å². The fourth-order valence-corrected chi connectivity index (χ4v) is 1.18. The topological polar surface area (TPSA) is 43.1 Å². The summed E-state index contributed by atoms with van der Waals surface area (Å²) in [6.07, 6.45) is 0.247. The minimum absolute atomic E-state index is 0.0262. The first-order valence-electron chi connectivity index (χ1n) is 3.75. The number of rotatable bonds is 3. The molecule has 4 heteroatoms. The number of halogens is 2. The Bertz CT molecular complexity index is 327. The normalized spacial score (nSPS) is 10.0. The Kier molecular flexibility index (Phi) is 3.42. The van der Waals surface area contributed by atoms with Gasteiger partial charge in [0.15, 0.2) is 0 Å². The van der Waals surface area contributed by atoms with Crippen LogP contribution in [0, 0.1) is 5.82 Å². The van der Waals surface area contributed by atoms with Crippen molar-refractivity contribution < 1.29 is 9.18 Å². The number of alkyl halides is 1. The second-order valence-corrected chi connectivity index (χ2v) is 3.25. The van der Waals surface area contributed by atoms with Gasteiger partial charge in [0.25, 0.3) is 0 Å². The number of nitrogens with two attached hydrogens (primary N) is 1. The average molecular weight is 246 g/mol. The number of ketones is 1. The fourth-order valence-electron chi connectivity index (χ4n) is 0.986. The predicted molar refractivity (Wildman–Crippen MR) is 53.3 cm³/mol. The van der Waals surface area contributed by atoms with E-state index in [1.165, 1.54) is 18.2 Å². The first-order chi connectivity index (χ1) is 6.13. The van der Waals surface area contributed by atoms with Crippen molar-refractivity contribution in [2.24, 2.45) is 0 Å². The van der Waals surface area contributed by atoms with E-state index in [-0.39, 0.29) is 18.0 Å². The smallest absolute Gasteiger partial charge is 0.147 e. The van der Waals surface area contributed by atoms with Crippen molar-refractivity contribution in [2.75, 3.05) is 11.1 Å². The summed E-state index contributed by atoms with van der Waals surface area (Å²) in [6, 6.07) is 4.05. The van der Waals surface area contributed by atoms with Gasteiger partial charge in [-0.25, -0.2) is 4.39 Å². The van der Waals surface area contributed by atoms with Gasteiger partial charge in [0.2, 0.25) is 0 Å². The molecule has 0 bridgehead atoms. The highest BCUT2D eigenvalue weighted by molar-refractivity contribution is 9.09. The molecule has 0 aromatic heterocycles. The second-order valence-electron chi connectivity index (χ2n) is 2.69. The van der Waals surface area contributed by atoms with Crippen molar-refractivity contribution in [3.8, 4) is 0 Å². The first kappa shape index (κ1) is 10.2. The van der Waals surface area contributed by atoms with Crippen molar-refractivity contribution in [2.45, 2.75) is 6.42 Å². The molecule has 0 amide bonds. The molecule has 0 radical (unpaired) electrons. The van der Waals surface area contributed by atoms with Gasteiger partial charge in [0.05, 0.1) is 5.33 Å². The zero-order valence-electron chi connectivity index (χ0n) is 6.89. The van der Waals surface area contributed by atoms with Crippen molar-refractivity contribution in [3.63, 3.8) is 0 Å². The summed E-state index contributed by atoms with van der Waals surface area (Å²) in [5.41, 5.74) is 6.52. The number of benzene rings is 1. The van der Waals surface area contributed by atoms with E-state index in [9.17, 15) is 9.18 Å². The molecule has 0 aliphatic rings. The molecule has 0 fully saturated rings. The molecule has 1 aromatic rings. The largest absolute Gasteiger partial charge is 0.398 e. The van der Waals surface area contributed by atoms with Crippen LogP contribution in [0.4, 0.5) is 10.1 Å². The van der Waals surface area contributed by atoms with Crippen LogP contribution < -0.4 is 5.73 Å². The third kappa shape index (κ3) is 2.81. The Balaban J connectivity index is 2.83. The quantitative estimate of drug-likeness (QED) is 0.654. The van der Waals surface area contributed by atoms with Crippen LogP contribution in [0.3, 0.4) is 0 Å². The molecule has 0 atom stereocenters. The van der Waals surface area contributed by atoms with Crippen molar-refractivity contribution in [1.82, 2.24) is 0 Å². The number of nitrogen functional groups attached to an aromatic ring is 1. The maximum absolute atomic E-state index is 12.6. The minimum atomic E-state index is -0.382. The predicted octanol–water partition coefficient (Wildman–Crippen LogP) is 1.91. The Morgan fingerprint density at radius 2 is 2.23 bits per heavy atom. The minimum Gasteiger partial charge on any atom is -0.398 e. The zero-order chi connectivity index (χ0) is 9.84. The fraction of sp³-hybridized carbons (Fsp3) is 0.222. The Hall–Kier alpha value is -0.900. The molecule has 0 aliphatic heterocycles. The van der Waals surface area contributed by atoms with Crippen LogP contribution in [-0.4, -0.2) is 11.1 Å². The van der Waals surface area contributed by atoms with Crippen LogP contribution in [0.25, 0.3) is 0 Å². The molecule has 1 rings (SSSR count). The third-order valence-electron chi connectivity index (χ3n) is 1.64. The molecular weight excluding hydrogens is 237 g/mol. The van der Waals surface area contributed by atoms with Crippen LogP contribution in [0.15, 0.2) is 18.2 Å². The maximum Gasteiger partial charge on any atom is 0.147 e. The average Bonchev–Trinajstić information content (AvgIpc) is 2.09.